The van der Waals surface area contributed by atoms with Crippen LogP contribution in [0.1, 0.15) is 35.5 Å². The van der Waals surface area contributed by atoms with Crippen LogP contribution >= 0.6 is 7.14 Å². The number of aromatic nitrogens is 3. The Balaban J connectivity index is 1.90. The Morgan fingerprint density at radius 1 is 1.05 bits per heavy atom. The van der Waals surface area contributed by atoms with Gasteiger partial charge in [0.25, 0.3) is 0 Å². The highest BCUT2D eigenvalue weighted by atomic mass is 31.2. The predicted molar refractivity (Wildman–Crippen MR) is 142 cm³/mol. The normalized spacial score (nSPS) is 13.1. The van der Waals surface area contributed by atoms with Crippen LogP contribution in [0.5, 0.6) is 0 Å². The second kappa shape index (κ2) is 9.45. The van der Waals surface area contributed by atoms with E-state index in [1.807, 2.05) is 6.07 Å². The first kappa shape index (κ1) is 26.6. The van der Waals surface area contributed by atoms with Gasteiger partial charge in [-0.1, -0.05) is 12.1 Å². The van der Waals surface area contributed by atoms with Gasteiger partial charge in [0.1, 0.15) is 18.8 Å². The Morgan fingerprint density at radius 2 is 1.76 bits per heavy atom. The van der Waals surface area contributed by atoms with E-state index < -0.39 is 24.9 Å². The number of benzene rings is 2. The summed E-state index contributed by atoms with van der Waals surface area (Å²) in [5.74, 6) is 0.914. The molecule has 0 aliphatic rings. The van der Waals surface area contributed by atoms with Crippen molar-refractivity contribution in [1.29, 1.82) is 0 Å². The number of hydrogen-bond acceptors (Lipinski definition) is 5. The van der Waals surface area contributed by atoms with Crippen molar-refractivity contribution >= 4 is 29.2 Å². The van der Waals surface area contributed by atoms with Crippen molar-refractivity contribution in [2.24, 2.45) is 7.05 Å². The summed E-state index contributed by atoms with van der Waals surface area (Å²) in [6.45, 7) is 8.31. The summed E-state index contributed by atoms with van der Waals surface area (Å²) < 4.78 is 55.2. The zero-order chi connectivity index (χ0) is 27.3. The van der Waals surface area contributed by atoms with Crippen molar-refractivity contribution in [2.45, 2.75) is 33.0 Å². The lowest BCUT2D eigenvalue weighted by atomic mass is 9.97. The zero-order valence-electron chi connectivity index (χ0n) is 21.4. The predicted octanol–water partition coefficient (Wildman–Crippen LogP) is 6.05. The molecule has 0 fully saturated rings. The van der Waals surface area contributed by atoms with Gasteiger partial charge in [0, 0.05) is 30.0 Å². The summed E-state index contributed by atoms with van der Waals surface area (Å²) in [4.78, 5) is 21.1. The number of nitrogens with one attached hydrogen (secondary N) is 1. The molecule has 0 aliphatic carbocycles. The highest BCUT2D eigenvalue weighted by molar-refractivity contribution is 7.70. The van der Waals surface area contributed by atoms with Crippen LogP contribution in [0.2, 0.25) is 0 Å². The molecule has 0 bridgehead atoms. The van der Waals surface area contributed by atoms with Crippen LogP contribution < -0.4 is 16.2 Å². The van der Waals surface area contributed by atoms with Gasteiger partial charge in [0.05, 0.1) is 17.1 Å². The van der Waals surface area contributed by atoms with Gasteiger partial charge < -0.3 is 14.4 Å². The minimum atomic E-state index is -4.45. The van der Waals surface area contributed by atoms with Gasteiger partial charge in [-0.2, -0.15) is 13.2 Å². The highest BCUT2D eigenvalue weighted by Crippen LogP contribution is 2.41. The molecule has 1 N–H and O–H groups in total. The lowest BCUT2D eigenvalue weighted by Crippen LogP contribution is -2.16. The van der Waals surface area contributed by atoms with Crippen molar-refractivity contribution in [3.05, 3.63) is 81.5 Å². The summed E-state index contributed by atoms with van der Waals surface area (Å²) in [7, 11) is -1.12. The van der Waals surface area contributed by atoms with Crippen molar-refractivity contribution in [3.63, 3.8) is 0 Å². The molecule has 0 spiro atoms. The van der Waals surface area contributed by atoms with Gasteiger partial charge in [-0.25, -0.2) is 9.97 Å². The Bertz CT molecular complexity index is 1620. The molecular weight excluding hydrogens is 500 g/mol. The van der Waals surface area contributed by atoms with Crippen molar-refractivity contribution in [1.82, 2.24) is 14.5 Å². The van der Waals surface area contributed by atoms with E-state index >= 15 is 0 Å². The van der Waals surface area contributed by atoms with Gasteiger partial charge in [-0.05, 0) is 80.6 Å². The van der Waals surface area contributed by atoms with Crippen LogP contribution in [0.25, 0.3) is 22.0 Å². The summed E-state index contributed by atoms with van der Waals surface area (Å²) >= 11 is 0. The molecule has 0 saturated heterocycles. The fraction of sp³-hybridized carbons (Fsp3) is 0.296. The van der Waals surface area contributed by atoms with Gasteiger partial charge >= 0.3 is 6.18 Å². The standard InChI is InChI=1S/C27H28F3N4O2P/c1-15-19(8-7-9-22(15)27(28,29)30)16(2)31-26-21-12-20(18-10-11-25(35)34(4)14-18)24(37(5,6)36)13-23(21)32-17(3)33-26/h7-14,16H,1-6H3,(H,31,32,33)/t16-/m1/s1. The molecule has 2 aromatic carbocycles. The van der Waals surface area contributed by atoms with Gasteiger partial charge in [-0.15, -0.1) is 0 Å². The third-order valence-corrected chi connectivity index (χ3v) is 7.93. The fourth-order valence-corrected chi connectivity index (χ4v) is 5.74. The quantitative estimate of drug-likeness (QED) is 0.319. The summed E-state index contributed by atoms with van der Waals surface area (Å²) in [6, 6.07) is 10.4. The molecule has 2 aromatic heterocycles. The number of alkyl halides is 3. The molecule has 1 atom stereocenters. The smallest absolute Gasteiger partial charge is 0.363 e. The van der Waals surface area contributed by atoms with Crippen molar-refractivity contribution in [3.8, 4) is 11.1 Å². The molecule has 0 radical (unpaired) electrons. The number of hydrogen-bond donors (Lipinski definition) is 1. The third-order valence-electron chi connectivity index (χ3n) is 6.40. The maximum absolute atomic E-state index is 13.5. The number of rotatable bonds is 5. The molecule has 4 rings (SSSR count). The number of anilines is 1. The molecule has 4 aromatic rings. The number of fused-ring (bicyclic) bond motifs is 1. The van der Waals surface area contributed by atoms with Crippen LogP contribution in [0.4, 0.5) is 19.0 Å². The minimum Gasteiger partial charge on any atom is -0.363 e. The molecular formula is C27H28F3N4O2P. The summed E-state index contributed by atoms with van der Waals surface area (Å²) in [5, 5.41) is 4.52. The molecule has 0 unspecified atom stereocenters. The lowest BCUT2D eigenvalue weighted by Gasteiger charge is -2.22. The van der Waals surface area contributed by atoms with E-state index in [-0.39, 0.29) is 11.1 Å². The Hall–Kier alpha value is -3.45. The van der Waals surface area contributed by atoms with Crippen molar-refractivity contribution < 1.29 is 17.7 Å². The van der Waals surface area contributed by atoms with E-state index in [4.69, 9.17) is 0 Å². The van der Waals surface area contributed by atoms with Crippen molar-refractivity contribution in [2.75, 3.05) is 18.6 Å². The second-order valence-electron chi connectivity index (χ2n) is 9.61. The first-order valence-electron chi connectivity index (χ1n) is 11.6. The molecule has 2 heterocycles. The van der Waals surface area contributed by atoms with E-state index in [1.54, 1.807) is 58.6 Å². The molecule has 10 heteroatoms. The van der Waals surface area contributed by atoms with Gasteiger partial charge in [0.15, 0.2) is 0 Å². The average Bonchev–Trinajstić information content (AvgIpc) is 2.78. The van der Waals surface area contributed by atoms with Crippen LogP contribution in [0.15, 0.2) is 53.5 Å². The van der Waals surface area contributed by atoms with E-state index in [2.05, 4.69) is 15.3 Å². The van der Waals surface area contributed by atoms with Crippen LogP contribution in [0.3, 0.4) is 0 Å². The number of nitrogens with zero attached hydrogens (tertiary/aromatic N) is 3. The SMILES string of the molecule is Cc1nc(N[C@H](C)c2cccc(C(F)(F)F)c2C)c2cc(-c3ccc(=O)n(C)c3)c(P(C)(C)=O)cc2n1. The van der Waals surface area contributed by atoms with Gasteiger partial charge in [0.2, 0.25) is 5.56 Å². The monoisotopic (exact) mass is 528 g/mol. The van der Waals surface area contributed by atoms with E-state index in [0.29, 0.717) is 44.5 Å². The Kier molecular flexibility index (Phi) is 6.80. The zero-order valence-corrected chi connectivity index (χ0v) is 22.3. The Morgan fingerprint density at radius 3 is 2.38 bits per heavy atom. The first-order valence-corrected chi connectivity index (χ1v) is 14.2. The summed E-state index contributed by atoms with van der Waals surface area (Å²) in [6.07, 6.45) is -2.77. The molecule has 0 saturated carbocycles. The minimum absolute atomic E-state index is 0.149. The maximum Gasteiger partial charge on any atom is 0.416 e. The molecule has 0 amide bonds. The number of aryl methyl sites for hydroxylation is 2. The lowest BCUT2D eigenvalue weighted by molar-refractivity contribution is -0.138. The van der Waals surface area contributed by atoms with E-state index in [0.717, 1.165) is 6.07 Å². The van der Waals surface area contributed by atoms with E-state index in [1.165, 1.54) is 23.6 Å². The third kappa shape index (κ3) is 5.32. The average molecular weight is 529 g/mol. The van der Waals surface area contributed by atoms with Gasteiger partial charge in [-0.3, -0.25) is 4.79 Å². The van der Waals surface area contributed by atoms with E-state index in [9.17, 15) is 22.5 Å². The first-order chi connectivity index (χ1) is 17.2. The van der Waals surface area contributed by atoms with Crippen LogP contribution in [0, 0.1) is 13.8 Å². The van der Waals surface area contributed by atoms with Crippen LogP contribution in [-0.4, -0.2) is 27.9 Å². The molecule has 194 valence electrons. The highest BCUT2D eigenvalue weighted by Gasteiger charge is 2.33. The molecule has 6 nitrogen and oxygen atoms in total. The maximum atomic E-state index is 13.5. The number of halogens is 3. The molecule has 0 aliphatic heterocycles. The largest absolute Gasteiger partial charge is 0.416 e. The topological polar surface area (TPSA) is 76.9 Å². The Labute approximate surface area is 213 Å². The molecule has 37 heavy (non-hydrogen) atoms. The summed E-state index contributed by atoms with van der Waals surface area (Å²) in [5.41, 5.74) is 1.75. The number of pyridine rings is 1. The second-order valence-corrected chi connectivity index (χ2v) is 12.8. The fourth-order valence-electron chi connectivity index (χ4n) is 4.53. The van der Waals surface area contributed by atoms with Crippen LogP contribution in [-0.2, 0) is 17.8 Å².